The topological polar surface area (TPSA) is 109 Å². The number of nitriles is 1. The van der Waals surface area contributed by atoms with Crippen LogP contribution in [0, 0.1) is 28.4 Å². The molecule has 0 radical (unpaired) electrons. The van der Waals surface area contributed by atoms with Crippen LogP contribution in [-0.2, 0) is 4.79 Å². The lowest BCUT2D eigenvalue weighted by atomic mass is 10.1. The normalized spacial score (nSPS) is 11.1. The van der Waals surface area contributed by atoms with Crippen LogP contribution in [0.2, 0.25) is 10.0 Å². The second-order valence-electron chi connectivity index (χ2n) is 6.16. The second-order valence-corrected chi connectivity index (χ2v) is 6.97. The first-order valence-corrected chi connectivity index (χ1v) is 9.28. The van der Waals surface area contributed by atoms with E-state index in [1.54, 1.807) is 37.3 Å². The zero-order valence-corrected chi connectivity index (χ0v) is 17.0. The molecule has 0 bridgehead atoms. The summed E-state index contributed by atoms with van der Waals surface area (Å²) in [7, 11) is 0. The molecule has 3 aromatic rings. The van der Waals surface area contributed by atoms with Crippen LogP contribution in [0.4, 0.5) is 11.4 Å². The molecule has 9 heteroatoms. The fourth-order valence-electron chi connectivity index (χ4n) is 2.62. The summed E-state index contributed by atoms with van der Waals surface area (Å²) in [6, 6.07) is 14.0. The molecule has 0 spiro atoms. The zero-order chi connectivity index (χ0) is 21.8. The number of benzene rings is 2. The lowest BCUT2D eigenvalue weighted by molar-refractivity contribution is -0.384. The number of hydrogen-bond donors (Lipinski definition) is 1. The predicted octanol–water partition coefficient (Wildman–Crippen LogP) is 6.02. The highest BCUT2D eigenvalue weighted by Crippen LogP contribution is 2.32. The molecule has 150 valence electrons. The molecule has 1 heterocycles. The van der Waals surface area contributed by atoms with Crippen molar-refractivity contribution in [2.24, 2.45) is 0 Å². The molecule has 0 saturated carbocycles. The van der Waals surface area contributed by atoms with Gasteiger partial charge in [-0.1, -0.05) is 29.3 Å². The molecule has 7 nitrogen and oxygen atoms in total. The van der Waals surface area contributed by atoms with Crippen molar-refractivity contribution >= 4 is 46.6 Å². The molecule has 1 amide bonds. The molecule has 0 fully saturated rings. The van der Waals surface area contributed by atoms with Crippen LogP contribution in [0.1, 0.15) is 11.3 Å². The Hall–Kier alpha value is -3.60. The zero-order valence-electron chi connectivity index (χ0n) is 15.5. The largest absolute Gasteiger partial charge is 0.457 e. The maximum atomic E-state index is 12.5. The number of halogens is 2. The summed E-state index contributed by atoms with van der Waals surface area (Å²) < 4.78 is 5.64. The highest BCUT2D eigenvalue weighted by Gasteiger charge is 2.15. The van der Waals surface area contributed by atoms with E-state index >= 15 is 0 Å². The van der Waals surface area contributed by atoms with Crippen LogP contribution in [0.25, 0.3) is 17.4 Å². The van der Waals surface area contributed by atoms with Crippen LogP contribution in [0.5, 0.6) is 0 Å². The van der Waals surface area contributed by atoms with Gasteiger partial charge in [-0.25, -0.2) is 0 Å². The number of anilines is 1. The molecule has 0 unspecified atom stereocenters. The number of furan rings is 1. The van der Waals surface area contributed by atoms with Crippen molar-refractivity contribution in [2.45, 2.75) is 6.92 Å². The van der Waals surface area contributed by atoms with Gasteiger partial charge in [0.15, 0.2) is 0 Å². The Morgan fingerprint density at radius 1 is 1.20 bits per heavy atom. The van der Waals surface area contributed by atoms with Gasteiger partial charge in [-0.05, 0) is 42.8 Å². The maximum Gasteiger partial charge on any atom is 0.270 e. The molecule has 1 aromatic heterocycles. The van der Waals surface area contributed by atoms with Crippen molar-refractivity contribution in [2.75, 3.05) is 5.32 Å². The Morgan fingerprint density at radius 2 is 1.97 bits per heavy atom. The molecule has 0 aliphatic rings. The van der Waals surface area contributed by atoms with Crippen LogP contribution in [-0.4, -0.2) is 10.8 Å². The smallest absolute Gasteiger partial charge is 0.270 e. The minimum Gasteiger partial charge on any atom is -0.457 e. The number of carbonyl (C=O) groups excluding carboxylic acids is 1. The van der Waals surface area contributed by atoms with E-state index in [9.17, 15) is 20.2 Å². The standard InChI is InChI=1S/C21H13Cl2N3O4/c1-12-17(22)3-2-4-19(12)25-21(27)13(11-24)9-15-6-8-20(30-15)16-7-5-14(26(28)29)10-18(16)23/h2-10H,1H3,(H,25,27)/b13-9-. The number of non-ortho nitro benzene ring substituents is 1. The summed E-state index contributed by atoms with van der Waals surface area (Å²) in [6.45, 7) is 1.75. The van der Waals surface area contributed by atoms with Gasteiger partial charge in [0.1, 0.15) is 23.2 Å². The van der Waals surface area contributed by atoms with E-state index < -0.39 is 10.8 Å². The first kappa shape index (κ1) is 21.1. The molecule has 0 saturated heterocycles. The number of nitrogens with zero attached hydrogens (tertiary/aromatic N) is 2. The van der Waals surface area contributed by atoms with E-state index in [2.05, 4.69) is 5.32 Å². The van der Waals surface area contributed by atoms with Crippen LogP contribution >= 0.6 is 23.2 Å². The Morgan fingerprint density at radius 3 is 2.63 bits per heavy atom. The number of nitrogens with one attached hydrogen (secondary N) is 1. The minimum atomic E-state index is -0.616. The molecule has 30 heavy (non-hydrogen) atoms. The average molecular weight is 442 g/mol. The van der Waals surface area contributed by atoms with Crippen molar-refractivity contribution < 1.29 is 14.1 Å². The predicted molar refractivity (Wildman–Crippen MR) is 114 cm³/mol. The van der Waals surface area contributed by atoms with Gasteiger partial charge >= 0.3 is 0 Å². The number of nitro benzene ring substituents is 1. The summed E-state index contributed by atoms with van der Waals surface area (Å²) >= 11 is 12.2. The monoisotopic (exact) mass is 441 g/mol. The van der Waals surface area contributed by atoms with Gasteiger partial charge in [0.05, 0.1) is 9.95 Å². The average Bonchev–Trinajstić information content (AvgIpc) is 3.17. The fraction of sp³-hybridized carbons (Fsp3) is 0.0476. The minimum absolute atomic E-state index is 0.142. The van der Waals surface area contributed by atoms with Crippen LogP contribution in [0.3, 0.4) is 0 Å². The third-order valence-corrected chi connectivity index (χ3v) is 4.95. The van der Waals surface area contributed by atoms with Crippen molar-refractivity contribution in [1.82, 2.24) is 0 Å². The van der Waals surface area contributed by atoms with Crippen molar-refractivity contribution in [3.63, 3.8) is 0 Å². The number of carbonyl (C=O) groups is 1. The SMILES string of the molecule is Cc1c(Cl)cccc1NC(=O)/C(C#N)=C\c1ccc(-c2ccc([N+](=O)[O-])cc2Cl)o1. The van der Waals surface area contributed by atoms with E-state index in [0.29, 0.717) is 27.6 Å². The lowest BCUT2D eigenvalue weighted by Gasteiger charge is -2.08. The van der Waals surface area contributed by atoms with Crippen LogP contribution < -0.4 is 5.32 Å². The van der Waals surface area contributed by atoms with Gasteiger partial charge < -0.3 is 9.73 Å². The number of hydrogen-bond acceptors (Lipinski definition) is 5. The number of amides is 1. The molecule has 3 rings (SSSR count). The van der Waals surface area contributed by atoms with Gasteiger partial charge in [-0.3, -0.25) is 14.9 Å². The van der Waals surface area contributed by atoms with E-state index in [4.69, 9.17) is 27.6 Å². The third kappa shape index (κ3) is 4.51. The number of nitro groups is 1. The molecule has 2 aromatic carbocycles. The summed E-state index contributed by atoms with van der Waals surface area (Å²) in [6.07, 6.45) is 1.29. The van der Waals surface area contributed by atoms with Gasteiger partial charge in [0.2, 0.25) is 0 Å². The Balaban J connectivity index is 1.85. The maximum absolute atomic E-state index is 12.5. The quantitative estimate of drug-likeness (QED) is 0.225. The van der Waals surface area contributed by atoms with Gasteiger partial charge in [-0.2, -0.15) is 5.26 Å². The first-order valence-electron chi connectivity index (χ1n) is 8.52. The van der Waals surface area contributed by atoms with Gasteiger partial charge in [0, 0.05) is 34.5 Å². The van der Waals surface area contributed by atoms with E-state index in [1.165, 1.54) is 24.3 Å². The Bertz CT molecular complexity index is 1230. The second kappa shape index (κ2) is 8.82. The summed E-state index contributed by atoms with van der Waals surface area (Å²) in [5, 5.41) is 23.5. The number of rotatable bonds is 5. The summed E-state index contributed by atoms with van der Waals surface area (Å²) in [5.41, 5.74) is 1.30. The van der Waals surface area contributed by atoms with Crippen molar-refractivity contribution in [1.29, 1.82) is 5.26 Å². The summed E-state index contributed by atoms with van der Waals surface area (Å²) in [4.78, 5) is 22.8. The van der Waals surface area contributed by atoms with Crippen molar-refractivity contribution in [3.8, 4) is 17.4 Å². The molecule has 0 aliphatic carbocycles. The van der Waals surface area contributed by atoms with Crippen LogP contribution in [0.15, 0.2) is 58.5 Å². The Kier molecular flexibility index (Phi) is 6.21. The van der Waals surface area contributed by atoms with E-state index in [-0.39, 0.29) is 22.0 Å². The molecular formula is C21H13Cl2N3O4. The molecular weight excluding hydrogens is 429 g/mol. The van der Waals surface area contributed by atoms with Crippen molar-refractivity contribution in [3.05, 3.63) is 85.6 Å². The molecule has 0 atom stereocenters. The molecule has 0 aliphatic heterocycles. The van der Waals surface area contributed by atoms with E-state index in [0.717, 1.165) is 0 Å². The fourth-order valence-corrected chi connectivity index (χ4v) is 3.06. The molecule has 1 N–H and O–H groups in total. The summed E-state index contributed by atoms with van der Waals surface area (Å²) in [5.74, 6) is -0.0346. The highest BCUT2D eigenvalue weighted by molar-refractivity contribution is 6.33. The Labute approximate surface area is 181 Å². The first-order chi connectivity index (χ1) is 14.3. The lowest BCUT2D eigenvalue weighted by Crippen LogP contribution is -2.14. The van der Waals surface area contributed by atoms with E-state index in [1.807, 2.05) is 6.07 Å². The highest BCUT2D eigenvalue weighted by atomic mass is 35.5. The van der Waals surface area contributed by atoms with Gasteiger partial charge in [0.25, 0.3) is 11.6 Å². The van der Waals surface area contributed by atoms with Gasteiger partial charge in [-0.15, -0.1) is 0 Å². The third-order valence-electron chi connectivity index (χ3n) is 4.22.